The SMILES string of the molecule is CCOC(=O)/N=C(\NC(C)=O)c1cccc([N+](=O)[O-])c1. The fourth-order valence-corrected chi connectivity index (χ4v) is 1.35. The zero-order chi connectivity index (χ0) is 15.1. The summed E-state index contributed by atoms with van der Waals surface area (Å²) in [4.78, 5) is 36.1. The Morgan fingerprint density at radius 1 is 1.45 bits per heavy atom. The van der Waals surface area contributed by atoms with Crippen LogP contribution in [0.15, 0.2) is 29.3 Å². The molecule has 0 aliphatic heterocycles. The van der Waals surface area contributed by atoms with E-state index in [1.54, 1.807) is 6.92 Å². The molecule has 0 saturated carbocycles. The number of hydrogen-bond donors (Lipinski definition) is 1. The van der Waals surface area contributed by atoms with Crippen LogP contribution in [-0.4, -0.2) is 29.4 Å². The summed E-state index contributed by atoms with van der Waals surface area (Å²) >= 11 is 0. The van der Waals surface area contributed by atoms with Gasteiger partial charge in [0.2, 0.25) is 5.91 Å². The van der Waals surface area contributed by atoms with Crippen LogP contribution in [0.2, 0.25) is 0 Å². The van der Waals surface area contributed by atoms with Crippen LogP contribution in [0.4, 0.5) is 10.5 Å². The molecule has 106 valence electrons. The predicted octanol–water partition coefficient (Wildman–Crippen LogP) is 1.63. The zero-order valence-electron chi connectivity index (χ0n) is 11.0. The molecule has 0 fully saturated rings. The van der Waals surface area contributed by atoms with Crippen LogP contribution in [0.5, 0.6) is 0 Å². The summed E-state index contributed by atoms with van der Waals surface area (Å²) in [6, 6.07) is 5.41. The number of carbonyl (C=O) groups excluding carboxylic acids is 2. The van der Waals surface area contributed by atoms with Gasteiger partial charge in [0, 0.05) is 24.6 Å². The van der Waals surface area contributed by atoms with E-state index in [0.717, 1.165) is 0 Å². The molecule has 1 aromatic rings. The highest BCUT2D eigenvalue weighted by atomic mass is 16.6. The van der Waals surface area contributed by atoms with E-state index in [1.807, 2.05) is 0 Å². The first kappa shape index (κ1) is 15.3. The number of rotatable bonds is 3. The van der Waals surface area contributed by atoms with Crippen LogP contribution in [0.25, 0.3) is 0 Å². The summed E-state index contributed by atoms with van der Waals surface area (Å²) < 4.78 is 4.64. The van der Waals surface area contributed by atoms with Gasteiger partial charge < -0.3 is 10.1 Å². The molecular formula is C12H13N3O5. The minimum Gasteiger partial charge on any atom is -0.448 e. The molecule has 0 aliphatic rings. The number of hydrogen-bond acceptors (Lipinski definition) is 5. The average molecular weight is 279 g/mol. The predicted molar refractivity (Wildman–Crippen MR) is 70.5 cm³/mol. The lowest BCUT2D eigenvalue weighted by Crippen LogP contribution is -2.30. The molecule has 0 unspecified atom stereocenters. The van der Waals surface area contributed by atoms with Gasteiger partial charge in [-0.1, -0.05) is 12.1 Å². The van der Waals surface area contributed by atoms with Crippen molar-refractivity contribution in [2.45, 2.75) is 13.8 Å². The molecule has 1 N–H and O–H groups in total. The smallest absolute Gasteiger partial charge is 0.435 e. The maximum absolute atomic E-state index is 11.3. The van der Waals surface area contributed by atoms with Gasteiger partial charge in [0.1, 0.15) is 5.84 Å². The Morgan fingerprint density at radius 3 is 2.70 bits per heavy atom. The second kappa shape index (κ2) is 6.98. The molecule has 1 aromatic carbocycles. The molecule has 0 spiro atoms. The van der Waals surface area contributed by atoms with Gasteiger partial charge in [-0.3, -0.25) is 14.9 Å². The zero-order valence-corrected chi connectivity index (χ0v) is 11.0. The molecule has 8 nitrogen and oxygen atoms in total. The number of aliphatic imine (C=N–C) groups is 1. The van der Waals surface area contributed by atoms with Crippen molar-refractivity contribution in [3.63, 3.8) is 0 Å². The number of benzene rings is 1. The second-order valence-electron chi connectivity index (χ2n) is 3.65. The maximum atomic E-state index is 11.3. The lowest BCUT2D eigenvalue weighted by Gasteiger charge is -2.06. The quantitative estimate of drug-likeness (QED) is 0.391. The standard InChI is InChI=1S/C12H13N3O5/c1-3-20-12(17)14-11(13-8(2)16)9-5-4-6-10(7-9)15(18)19/h4-7H,3H2,1-2H3,(H,13,14,16,17). The van der Waals surface area contributed by atoms with Crippen LogP contribution in [0.1, 0.15) is 19.4 Å². The number of nitrogens with zero attached hydrogens (tertiary/aromatic N) is 2. The van der Waals surface area contributed by atoms with Gasteiger partial charge in [0.25, 0.3) is 5.69 Å². The number of nitro benzene ring substituents is 1. The van der Waals surface area contributed by atoms with E-state index in [2.05, 4.69) is 15.0 Å². The van der Waals surface area contributed by atoms with Crippen molar-refractivity contribution in [3.8, 4) is 0 Å². The molecule has 0 atom stereocenters. The number of amidine groups is 1. The van der Waals surface area contributed by atoms with Gasteiger partial charge in [-0.25, -0.2) is 4.79 Å². The molecule has 0 aliphatic carbocycles. The monoisotopic (exact) mass is 279 g/mol. The first-order chi connectivity index (χ1) is 9.43. The Morgan fingerprint density at radius 2 is 2.15 bits per heavy atom. The summed E-state index contributed by atoms with van der Waals surface area (Å²) in [5.41, 5.74) is 0.0619. The number of ether oxygens (including phenoxy) is 1. The third-order valence-corrected chi connectivity index (χ3v) is 2.10. The molecule has 0 saturated heterocycles. The number of amides is 2. The van der Waals surface area contributed by atoms with E-state index < -0.39 is 16.9 Å². The van der Waals surface area contributed by atoms with Crippen molar-refractivity contribution >= 4 is 23.5 Å². The Balaban J connectivity index is 3.16. The van der Waals surface area contributed by atoms with Crippen molar-refractivity contribution in [2.24, 2.45) is 4.99 Å². The van der Waals surface area contributed by atoms with Crippen molar-refractivity contribution in [1.82, 2.24) is 5.32 Å². The van der Waals surface area contributed by atoms with Crippen LogP contribution in [-0.2, 0) is 9.53 Å². The third kappa shape index (κ3) is 4.48. The molecule has 8 heteroatoms. The van der Waals surface area contributed by atoms with Gasteiger partial charge in [-0.05, 0) is 6.92 Å². The molecule has 0 aromatic heterocycles. The van der Waals surface area contributed by atoms with E-state index in [0.29, 0.717) is 0 Å². The Bertz CT molecular complexity index is 568. The summed E-state index contributed by atoms with van der Waals surface area (Å²) in [6.07, 6.45) is -0.886. The molecular weight excluding hydrogens is 266 g/mol. The van der Waals surface area contributed by atoms with E-state index in [9.17, 15) is 19.7 Å². The molecule has 0 radical (unpaired) electrons. The summed E-state index contributed by atoms with van der Waals surface area (Å²) in [5.74, 6) is -0.556. The van der Waals surface area contributed by atoms with Gasteiger partial charge in [-0.2, -0.15) is 4.99 Å². The average Bonchev–Trinajstić information content (AvgIpc) is 2.38. The van der Waals surface area contributed by atoms with E-state index in [1.165, 1.54) is 31.2 Å². The number of nitrogens with one attached hydrogen (secondary N) is 1. The Hall–Kier alpha value is -2.77. The fraction of sp³-hybridized carbons (Fsp3) is 0.250. The van der Waals surface area contributed by atoms with Gasteiger partial charge in [-0.15, -0.1) is 0 Å². The summed E-state index contributed by atoms with van der Waals surface area (Å²) in [7, 11) is 0. The van der Waals surface area contributed by atoms with Gasteiger partial charge >= 0.3 is 6.09 Å². The van der Waals surface area contributed by atoms with E-state index in [-0.39, 0.29) is 23.7 Å². The van der Waals surface area contributed by atoms with E-state index >= 15 is 0 Å². The molecule has 0 bridgehead atoms. The topological polar surface area (TPSA) is 111 Å². The maximum Gasteiger partial charge on any atom is 0.435 e. The van der Waals surface area contributed by atoms with Crippen LogP contribution in [0, 0.1) is 10.1 Å². The van der Waals surface area contributed by atoms with Crippen LogP contribution < -0.4 is 5.32 Å². The largest absolute Gasteiger partial charge is 0.448 e. The summed E-state index contributed by atoms with van der Waals surface area (Å²) in [5, 5.41) is 13.0. The highest BCUT2D eigenvalue weighted by Crippen LogP contribution is 2.13. The van der Waals surface area contributed by atoms with Gasteiger partial charge in [0.05, 0.1) is 11.5 Å². The Kier molecular flexibility index (Phi) is 5.33. The highest BCUT2D eigenvalue weighted by molar-refractivity contribution is 6.10. The third-order valence-electron chi connectivity index (χ3n) is 2.10. The number of carbonyl (C=O) groups is 2. The van der Waals surface area contributed by atoms with Crippen molar-refractivity contribution < 1.29 is 19.2 Å². The van der Waals surface area contributed by atoms with E-state index in [4.69, 9.17) is 0 Å². The first-order valence-corrected chi connectivity index (χ1v) is 5.72. The molecule has 2 amide bonds. The van der Waals surface area contributed by atoms with Gasteiger partial charge in [0.15, 0.2) is 0 Å². The number of nitro groups is 1. The molecule has 1 rings (SSSR count). The minimum atomic E-state index is -0.886. The van der Waals surface area contributed by atoms with Crippen molar-refractivity contribution in [2.75, 3.05) is 6.61 Å². The first-order valence-electron chi connectivity index (χ1n) is 5.72. The fourth-order valence-electron chi connectivity index (χ4n) is 1.35. The highest BCUT2D eigenvalue weighted by Gasteiger charge is 2.13. The second-order valence-corrected chi connectivity index (χ2v) is 3.65. The lowest BCUT2D eigenvalue weighted by atomic mass is 10.2. The Labute approximate surface area is 114 Å². The van der Waals surface area contributed by atoms with Crippen molar-refractivity contribution in [3.05, 3.63) is 39.9 Å². The minimum absolute atomic E-state index is 0.0975. The lowest BCUT2D eigenvalue weighted by molar-refractivity contribution is -0.384. The van der Waals surface area contributed by atoms with Crippen LogP contribution >= 0.6 is 0 Å². The van der Waals surface area contributed by atoms with Crippen molar-refractivity contribution in [1.29, 1.82) is 0 Å². The normalized spacial score (nSPS) is 10.8. The summed E-state index contributed by atoms with van der Waals surface area (Å²) in [6.45, 7) is 2.97. The van der Waals surface area contributed by atoms with Crippen LogP contribution in [0.3, 0.4) is 0 Å². The molecule has 20 heavy (non-hydrogen) atoms. The number of non-ortho nitro benzene ring substituents is 1. The molecule has 0 heterocycles.